The molecule has 1 saturated heterocycles. The lowest BCUT2D eigenvalue weighted by molar-refractivity contribution is 0.521. The molecule has 0 radical (unpaired) electrons. The van der Waals surface area contributed by atoms with Crippen molar-refractivity contribution in [3.63, 3.8) is 0 Å². The van der Waals surface area contributed by atoms with Crippen LogP contribution in [0.1, 0.15) is 45.1 Å². The second-order valence-corrected chi connectivity index (χ2v) is 6.61. The lowest BCUT2D eigenvalue weighted by atomic mass is 10.0. The lowest BCUT2D eigenvalue weighted by Gasteiger charge is -2.26. The SMILES string of the molecule is CCC(N)Cc1cc(Cl)ccc1N1CCCC(C)CC1. The van der Waals surface area contributed by atoms with E-state index < -0.39 is 0 Å². The third kappa shape index (κ3) is 4.13. The van der Waals surface area contributed by atoms with E-state index in [9.17, 15) is 0 Å². The molecule has 1 fully saturated rings. The van der Waals surface area contributed by atoms with Gasteiger partial charge in [-0.25, -0.2) is 0 Å². The summed E-state index contributed by atoms with van der Waals surface area (Å²) in [6.07, 6.45) is 5.82. The van der Waals surface area contributed by atoms with Crippen LogP contribution < -0.4 is 10.6 Å². The standard InChI is InChI=1S/C17H27ClN2/c1-3-16(19)12-14-11-15(18)6-7-17(14)20-9-4-5-13(2)8-10-20/h6-7,11,13,16H,3-5,8-10,12,19H2,1-2H3. The van der Waals surface area contributed by atoms with E-state index in [1.165, 1.54) is 30.5 Å². The summed E-state index contributed by atoms with van der Waals surface area (Å²) in [4.78, 5) is 2.53. The minimum atomic E-state index is 0.220. The average molecular weight is 295 g/mol. The summed E-state index contributed by atoms with van der Waals surface area (Å²) in [7, 11) is 0. The maximum atomic E-state index is 6.18. The first-order valence-corrected chi connectivity index (χ1v) is 8.27. The van der Waals surface area contributed by atoms with E-state index in [4.69, 9.17) is 17.3 Å². The maximum Gasteiger partial charge on any atom is 0.0410 e. The molecule has 0 bridgehead atoms. The third-order valence-electron chi connectivity index (χ3n) is 4.41. The van der Waals surface area contributed by atoms with Crippen molar-refractivity contribution in [1.82, 2.24) is 0 Å². The minimum Gasteiger partial charge on any atom is -0.371 e. The second kappa shape index (κ2) is 7.33. The van der Waals surface area contributed by atoms with Gasteiger partial charge in [0, 0.05) is 29.8 Å². The Morgan fingerprint density at radius 3 is 2.90 bits per heavy atom. The van der Waals surface area contributed by atoms with Gasteiger partial charge in [0.05, 0.1) is 0 Å². The van der Waals surface area contributed by atoms with Gasteiger partial charge in [0.25, 0.3) is 0 Å². The Labute approximate surface area is 128 Å². The summed E-state index contributed by atoms with van der Waals surface area (Å²) in [5.74, 6) is 0.841. The van der Waals surface area contributed by atoms with E-state index >= 15 is 0 Å². The minimum absolute atomic E-state index is 0.220. The van der Waals surface area contributed by atoms with Crippen LogP contribution >= 0.6 is 11.6 Å². The molecule has 2 nitrogen and oxygen atoms in total. The van der Waals surface area contributed by atoms with Crippen LogP contribution in [-0.2, 0) is 6.42 Å². The Kier molecular flexibility index (Phi) is 5.74. The van der Waals surface area contributed by atoms with Gasteiger partial charge in [-0.05, 0) is 61.8 Å². The number of hydrogen-bond acceptors (Lipinski definition) is 2. The predicted octanol–water partition coefficient (Wildman–Crippen LogP) is 4.25. The van der Waals surface area contributed by atoms with Crippen molar-refractivity contribution < 1.29 is 0 Å². The molecule has 0 saturated carbocycles. The first-order chi connectivity index (χ1) is 9.60. The van der Waals surface area contributed by atoms with Crippen LogP contribution in [0.15, 0.2) is 18.2 Å². The highest BCUT2D eigenvalue weighted by Gasteiger charge is 2.17. The first-order valence-electron chi connectivity index (χ1n) is 7.89. The van der Waals surface area contributed by atoms with Crippen molar-refractivity contribution >= 4 is 17.3 Å². The largest absolute Gasteiger partial charge is 0.371 e. The van der Waals surface area contributed by atoms with E-state index in [2.05, 4.69) is 30.9 Å². The summed E-state index contributed by atoms with van der Waals surface area (Å²) < 4.78 is 0. The van der Waals surface area contributed by atoms with Crippen LogP contribution in [0.5, 0.6) is 0 Å². The molecule has 1 aromatic rings. The lowest BCUT2D eigenvalue weighted by Crippen LogP contribution is -2.27. The predicted molar refractivity (Wildman–Crippen MR) is 88.7 cm³/mol. The van der Waals surface area contributed by atoms with Gasteiger partial charge in [-0.15, -0.1) is 0 Å². The van der Waals surface area contributed by atoms with Gasteiger partial charge in [0.15, 0.2) is 0 Å². The van der Waals surface area contributed by atoms with Crippen LogP contribution in [0, 0.1) is 5.92 Å². The molecular formula is C17H27ClN2. The zero-order valence-corrected chi connectivity index (χ0v) is 13.5. The number of halogens is 1. The molecule has 2 rings (SSSR count). The van der Waals surface area contributed by atoms with Gasteiger partial charge in [0.2, 0.25) is 0 Å². The number of anilines is 1. The summed E-state index contributed by atoms with van der Waals surface area (Å²) >= 11 is 6.18. The van der Waals surface area contributed by atoms with Gasteiger partial charge in [-0.1, -0.05) is 25.4 Å². The van der Waals surface area contributed by atoms with E-state index in [0.717, 1.165) is 36.9 Å². The third-order valence-corrected chi connectivity index (χ3v) is 4.64. The molecule has 20 heavy (non-hydrogen) atoms. The van der Waals surface area contributed by atoms with E-state index in [-0.39, 0.29) is 6.04 Å². The number of nitrogens with two attached hydrogens (primary N) is 1. The molecule has 2 N–H and O–H groups in total. The smallest absolute Gasteiger partial charge is 0.0410 e. The molecule has 1 aliphatic heterocycles. The topological polar surface area (TPSA) is 29.3 Å². The summed E-state index contributed by atoms with van der Waals surface area (Å²) in [5.41, 5.74) is 8.79. The molecular weight excluding hydrogens is 268 g/mol. The fourth-order valence-corrected chi connectivity index (χ4v) is 3.15. The number of nitrogens with zero attached hydrogens (tertiary/aromatic N) is 1. The molecule has 2 unspecified atom stereocenters. The van der Waals surface area contributed by atoms with Gasteiger partial charge >= 0.3 is 0 Å². The highest BCUT2D eigenvalue weighted by molar-refractivity contribution is 6.30. The monoisotopic (exact) mass is 294 g/mol. The van der Waals surface area contributed by atoms with Crippen molar-refractivity contribution in [2.45, 2.75) is 52.0 Å². The fraction of sp³-hybridized carbons (Fsp3) is 0.647. The van der Waals surface area contributed by atoms with Gasteiger partial charge in [-0.3, -0.25) is 0 Å². The highest BCUT2D eigenvalue weighted by Crippen LogP contribution is 2.29. The Balaban J connectivity index is 2.20. The summed E-state index contributed by atoms with van der Waals surface area (Å²) in [5, 5.41) is 0.815. The highest BCUT2D eigenvalue weighted by atomic mass is 35.5. The van der Waals surface area contributed by atoms with Crippen molar-refractivity contribution in [2.24, 2.45) is 11.7 Å². The Bertz CT molecular complexity index is 433. The van der Waals surface area contributed by atoms with Crippen molar-refractivity contribution in [3.8, 4) is 0 Å². The van der Waals surface area contributed by atoms with Gasteiger partial charge < -0.3 is 10.6 Å². The second-order valence-electron chi connectivity index (χ2n) is 6.17. The van der Waals surface area contributed by atoms with E-state index in [1.807, 2.05) is 6.07 Å². The van der Waals surface area contributed by atoms with Crippen LogP contribution in [0.25, 0.3) is 0 Å². The van der Waals surface area contributed by atoms with Crippen molar-refractivity contribution in [3.05, 3.63) is 28.8 Å². The number of hydrogen-bond donors (Lipinski definition) is 1. The van der Waals surface area contributed by atoms with Gasteiger partial charge in [-0.2, -0.15) is 0 Å². The molecule has 0 spiro atoms. The average Bonchev–Trinajstić information content (AvgIpc) is 2.64. The van der Waals surface area contributed by atoms with Crippen LogP contribution in [-0.4, -0.2) is 19.1 Å². The maximum absolute atomic E-state index is 6.18. The number of benzene rings is 1. The molecule has 1 aliphatic rings. The molecule has 3 heteroatoms. The van der Waals surface area contributed by atoms with Crippen molar-refractivity contribution in [1.29, 1.82) is 0 Å². The number of rotatable bonds is 4. The van der Waals surface area contributed by atoms with E-state index in [0.29, 0.717) is 0 Å². The Hall–Kier alpha value is -0.730. The Morgan fingerprint density at radius 1 is 1.35 bits per heavy atom. The molecule has 0 amide bonds. The fourth-order valence-electron chi connectivity index (χ4n) is 2.96. The first kappa shape index (κ1) is 15.7. The summed E-state index contributed by atoms with van der Waals surface area (Å²) in [6, 6.07) is 6.50. The molecule has 112 valence electrons. The van der Waals surface area contributed by atoms with Crippen molar-refractivity contribution in [2.75, 3.05) is 18.0 Å². The molecule has 1 aromatic carbocycles. The van der Waals surface area contributed by atoms with E-state index in [1.54, 1.807) is 0 Å². The van der Waals surface area contributed by atoms with Crippen LogP contribution in [0.2, 0.25) is 5.02 Å². The van der Waals surface area contributed by atoms with Crippen LogP contribution in [0.3, 0.4) is 0 Å². The molecule has 1 heterocycles. The molecule has 0 aliphatic carbocycles. The summed E-state index contributed by atoms with van der Waals surface area (Å²) in [6.45, 7) is 6.80. The van der Waals surface area contributed by atoms with Gasteiger partial charge in [0.1, 0.15) is 0 Å². The van der Waals surface area contributed by atoms with Crippen LogP contribution in [0.4, 0.5) is 5.69 Å². The molecule has 2 atom stereocenters. The zero-order chi connectivity index (χ0) is 14.5. The quantitative estimate of drug-likeness (QED) is 0.899. The Morgan fingerprint density at radius 2 is 2.15 bits per heavy atom. The zero-order valence-electron chi connectivity index (χ0n) is 12.7. The molecule has 0 aromatic heterocycles. The normalized spacial score (nSPS) is 21.6.